The number of halogens is 3. The van der Waals surface area contributed by atoms with Gasteiger partial charge in [0, 0.05) is 26.2 Å². The normalized spacial score (nSPS) is 20.5. The van der Waals surface area contributed by atoms with Crippen LogP contribution in [0.2, 0.25) is 0 Å². The van der Waals surface area contributed by atoms with Gasteiger partial charge in [0.25, 0.3) is 0 Å². The number of hydrogen-bond acceptors (Lipinski definition) is 4. The van der Waals surface area contributed by atoms with Crippen molar-refractivity contribution in [2.24, 2.45) is 0 Å². The predicted octanol–water partition coefficient (Wildman–Crippen LogP) is 2.01. The van der Waals surface area contributed by atoms with Crippen LogP contribution in [0.25, 0.3) is 0 Å². The van der Waals surface area contributed by atoms with E-state index in [0.29, 0.717) is 13.1 Å². The Morgan fingerprint density at radius 3 is 2.67 bits per heavy atom. The van der Waals surface area contributed by atoms with Gasteiger partial charge in [0.1, 0.15) is 5.75 Å². The largest absolute Gasteiger partial charge is 0.573 e. The number of morpholine rings is 1. The van der Waals surface area contributed by atoms with Crippen LogP contribution in [-0.2, 0) is 11.3 Å². The molecule has 0 spiro atoms. The molecule has 118 valence electrons. The van der Waals surface area contributed by atoms with E-state index in [9.17, 15) is 13.2 Å². The summed E-state index contributed by atoms with van der Waals surface area (Å²) in [5.41, 5.74) is 0.897. The number of likely N-dealkylation sites (N-methyl/N-ethyl adjacent to an activating group) is 1. The van der Waals surface area contributed by atoms with E-state index in [0.717, 1.165) is 25.3 Å². The van der Waals surface area contributed by atoms with Gasteiger partial charge in [-0.1, -0.05) is 12.1 Å². The summed E-state index contributed by atoms with van der Waals surface area (Å²) in [5, 5.41) is 3.24. The van der Waals surface area contributed by atoms with Crippen LogP contribution in [0, 0.1) is 0 Å². The molecule has 1 aliphatic rings. The Morgan fingerprint density at radius 1 is 1.33 bits per heavy atom. The van der Waals surface area contributed by atoms with E-state index in [1.54, 1.807) is 12.1 Å². The Balaban J connectivity index is 1.73. The van der Waals surface area contributed by atoms with Crippen LogP contribution in [-0.4, -0.2) is 50.7 Å². The third-order valence-corrected chi connectivity index (χ3v) is 3.20. The standard InChI is InChI=1S/C14H19F3N2O2/c1-19-6-7-20-13(10-19)9-18-8-11-2-4-12(5-3-11)21-14(15,16)17/h2-5,13,18H,6-10H2,1H3. The molecule has 21 heavy (non-hydrogen) atoms. The Morgan fingerprint density at radius 2 is 2.05 bits per heavy atom. The highest BCUT2D eigenvalue weighted by Gasteiger charge is 2.30. The fraction of sp³-hybridized carbons (Fsp3) is 0.571. The molecule has 0 amide bonds. The van der Waals surface area contributed by atoms with E-state index in [1.165, 1.54) is 12.1 Å². The fourth-order valence-corrected chi connectivity index (χ4v) is 2.18. The Kier molecular flexibility index (Phi) is 5.44. The van der Waals surface area contributed by atoms with Gasteiger partial charge in [0.2, 0.25) is 0 Å². The second kappa shape index (κ2) is 7.11. The van der Waals surface area contributed by atoms with Crippen LogP contribution in [0.15, 0.2) is 24.3 Å². The average molecular weight is 304 g/mol. The van der Waals surface area contributed by atoms with E-state index >= 15 is 0 Å². The monoisotopic (exact) mass is 304 g/mol. The number of nitrogens with one attached hydrogen (secondary N) is 1. The van der Waals surface area contributed by atoms with Crippen molar-refractivity contribution in [3.8, 4) is 5.75 Å². The molecule has 7 heteroatoms. The van der Waals surface area contributed by atoms with Gasteiger partial charge in [0.05, 0.1) is 12.7 Å². The smallest absolute Gasteiger partial charge is 0.406 e. The number of benzene rings is 1. The zero-order valence-electron chi connectivity index (χ0n) is 11.8. The van der Waals surface area contributed by atoms with Crippen LogP contribution in [0.3, 0.4) is 0 Å². The molecule has 0 radical (unpaired) electrons. The maximum absolute atomic E-state index is 12.0. The molecule has 1 heterocycles. The zero-order valence-corrected chi connectivity index (χ0v) is 11.8. The lowest BCUT2D eigenvalue weighted by molar-refractivity contribution is -0.274. The topological polar surface area (TPSA) is 33.7 Å². The van der Waals surface area contributed by atoms with E-state index in [4.69, 9.17) is 4.74 Å². The minimum atomic E-state index is -4.65. The first-order valence-electron chi connectivity index (χ1n) is 6.78. The summed E-state index contributed by atoms with van der Waals surface area (Å²) in [4.78, 5) is 2.21. The first kappa shape index (κ1) is 16.1. The molecule has 1 aliphatic heterocycles. The predicted molar refractivity (Wildman–Crippen MR) is 72.1 cm³/mol. The van der Waals surface area contributed by atoms with Gasteiger partial charge in [-0.05, 0) is 24.7 Å². The summed E-state index contributed by atoms with van der Waals surface area (Å²) in [6.45, 7) is 3.84. The highest BCUT2D eigenvalue weighted by molar-refractivity contribution is 5.27. The average Bonchev–Trinajstić information content (AvgIpc) is 2.39. The molecule has 1 unspecified atom stereocenters. The van der Waals surface area contributed by atoms with Crippen molar-refractivity contribution in [2.45, 2.75) is 19.0 Å². The lowest BCUT2D eigenvalue weighted by Gasteiger charge is -2.30. The van der Waals surface area contributed by atoms with E-state index < -0.39 is 6.36 Å². The maximum Gasteiger partial charge on any atom is 0.573 e. The number of rotatable bonds is 5. The van der Waals surface area contributed by atoms with Gasteiger partial charge in [0.15, 0.2) is 0 Å². The van der Waals surface area contributed by atoms with Crippen molar-refractivity contribution in [3.63, 3.8) is 0 Å². The molecule has 1 aromatic rings. The molecular weight excluding hydrogens is 285 g/mol. The summed E-state index contributed by atoms with van der Waals surface area (Å²) in [5.74, 6) is -0.205. The molecule has 0 aliphatic carbocycles. The zero-order chi connectivity index (χ0) is 15.3. The number of hydrogen-bond donors (Lipinski definition) is 1. The van der Waals surface area contributed by atoms with Gasteiger partial charge in [-0.2, -0.15) is 0 Å². The van der Waals surface area contributed by atoms with E-state index in [2.05, 4.69) is 22.0 Å². The summed E-state index contributed by atoms with van der Waals surface area (Å²) < 4.78 is 45.5. The molecule has 0 bridgehead atoms. The molecular formula is C14H19F3N2O2. The van der Waals surface area contributed by atoms with E-state index in [-0.39, 0.29) is 11.9 Å². The summed E-state index contributed by atoms with van der Waals surface area (Å²) in [6, 6.07) is 5.86. The van der Waals surface area contributed by atoms with Crippen molar-refractivity contribution in [3.05, 3.63) is 29.8 Å². The van der Waals surface area contributed by atoms with Crippen LogP contribution in [0.1, 0.15) is 5.56 Å². The van der Waals surface area contributed by atoms with Crippen LogP contribution >= 0.6 is 0 Å². The van der Waals surface area contributed by atoms with Crippen molar-refractivity contribution in [1.29, 1.82) is 0 Å². The number of alkyl halides is 3. The van der Waals surface area contributed by atoms with Crippen molar-refractivity contribution in [1.82, 2.24) is 10.2 Å². The molecule has 0 aromatic heterocycles. The van der Waals surface area contributed by atoms with Gasteiger partial charge < -0.3 is 19.7 Å². The number of nitrogens with zero attached hydrogens (tertiary/aromatic N) is 1. The van der Waals surface area contributed by atoms with Crippen molar-refractivity contribution >= 4 is 0 Å². The molecule has 1 N–H and O–H groups in total. The minimum absolute atomic E-state index is 0.150. The SMILES string of the molecule is CN1CCOC(CNCc2ccc(OC(F)(F)F)cc2)C1. The third-order valence-electron chi connectivity index (χ3n) is 3.20. The van der Waals surface area contributed by atoms with Crippen LogP contribution in [0.4, 0.5) is 13.2 Å². The lowest BCUT2D eigenvalue weighted by atomic mass is 10.2. The highest BCUT2D eigenvalue weighted by atomic mass is 19.4. The second-order valence-electron chi connectivity index (χ2n) is 5.08. The molecule has 4 nitrogen and oxygen atoms in total. The molecule has 2 rings (SSSR count). The molecule has 1 aromatic carbocycles. The molecule has 1 fully saturated rings. The van der Waals surface area contributed by atoms with Crippen molar-refractivity contribution in [2.75, 3.05) is 33.3 Å². The summed E-state index contributed by atoms with van der Waals surface area (Å²) >= 11 is 0. The van der Waals surface area contributed by atoms with Crippen molar-refractivity contribution < 1.29 is 22.6 Å². The van der Waals surface area contributed by atoms with Gasteiger partial charge in [-0.3, -0.25) is 0 Å². The summed E-state index contributed by atoms with van der Waals surface area (Å²) in [6.07, 6.45) is -4.50. The highest BCUT2D eigenvalue weighted by Crippen LogP contribution is 2.22. The molecule has 1 atom stereocenters. The van der Waals surface area contributed by atoms with E-state index in [1.807, 2.05) is 0 Å². The third kappa shape index (κ3) is 5.91. The van der Waals surface area contributed by atoms with Gasteiger partial charge >= 0.3 is 6.36 Å². The first-order chi connectivity index (χ1) is 9.92. The molecule has 0 saturated carbocycles. The Labute approximate surface area is 121 Å². The van der Waals surface area contributed by atoms with Crippen LogP contribution < -0.4 is 10.1 Å². The first-order valence-corrected chi connectivity index (χ1v) is 6.78. The Bertz CT molecular complexity index is 437. The van der Waals surface area contributed by atoms with Gasteiger partial charge in [-0.15, -0.1) is 13.2 Å². The fourth-order valence-electron chi connectivity index (χ4n) is 2.18. The quantitative estimate of drug-likeness (QED) is 0.902. The van der Waals surface area contributed by atoms with Gasteiger partial charge in [-0.25, -0.2) is 0 Å². The Hall–Kier alpha value is -1.31. The lowest BCUT2D eigenvalue weighted by Crippen LogP contribution is -2.44. The number of ether oxygens (including phenoxy) is 2. The molecule has 1 saturated heterocycles. The van der Waals surface area contributed by atoms with Crippen LogP contribution in [0.5, 0.6) is 5.75 Å². The minimum Gasteiger partial charge on any atom is -0.406 e. The summed E-state index contributed by atoms with van der Waals surface area (Å²) in [7, 11) is 2.05. The second-order valence-corrected chi connectivity index (χ2v) is 5.08. The maximum atomic E-state index is 12.0.